The molecule has 0 heterocycles. The highest BCUT2D eigenvalue weighted by molar-refractivity contribution is 5.97. The van der Waals surface area contributed by atoms with Crippen molar-refractivity contribution < 1.29 is 9.90 Å². The summed E-state index contributed by atoms with van der Waals surface area (Å²) >= 11 is 0. The number of benzene rings is 1. The van der Waals surface area contributed by atoms with E-state index in [1.54, 1.807) is 11.0 Å². The predicted molar refractivity (Wildman–Crippen MR) is 79.4 cm³/mol. The highest BCUT2D eigenvalue weighted by Crippen LogP contribution is 2.29. The van der Waals surface area contributed by atoms with Gasteiger partial charge in [-0.25, -0.2) is 0 Å². The van der Waals surface area contributed by atoms with E-state index in [0.29, 0.717) is 24.1 Å². The number of aliphatic hydroxyl groups excluding tert-OH is 1. The molecule has 2 rings (SSSR count). The molecule has 4 heteroatoms. The molecule has 0 saturated heterocycles. The number of rotatable bonds is 4. The molecule has 21 heavy (non-hydrogen) atoms. The van der Waals surface area contributed by atoms with Crippen molar-refractivity contribution in [3.05, 3.63) is 34.9 Å². The summed E-state index contributed by atoms with van der Waals surface area (Å²) in [7, 11) is 0. The van der Waals surface area contributed by atoms with E-state index in [1.165, 1.54) is 0 Å². The Morgan fingerprint density at radius 1 is 1.48 bits per heavy atom. The first-order chi connectivity index (χ1) is 10.2. The Morgan fingerprint density at radius 2 is 2.24 bits per heavy atom. The van der Waals surface area contributed by atoms with Gasteiger partial charge in [0.2, 0.25) is 0 Å². The molecule has 0 aliphatic heterocycles. The lowest BCUT2D eigenvalue weighted by atomic mass is 10.0. The molecule has 0 unspecified atom stereocenters. The molecular weight excluding hydrogens is 264 g/mol. The van der Waals surface area contributed by atoms with Crippen molar-refractivity contribution in [3.63, 3.8) is 0 Å². The van der Waals surface area contributed by atoms with E-state index in [4.69, 9.17) is 10.4 Å². The van der Waals surface area contributed by atoms with E-state index < -0.39 is 0 Å². The SMILES string of the molecule is Cc1ccc(C(=O)N(CCC#N)C2CC2)c(C#CCO)c1. The van der Waals surface area contributed by atoms with Crippen LogP contribution in [0.3, 0.4) is 0 Å². The third kappa shape index (κ3) is 3.84. The third-order valence-electron chi connectivity index (χ3n) is 3.42. The van der Waals surface area contributed by atoms with Crippen molar-refractivity contribution in [2.24, 2.45) is 0 Å². The van der Waals surface area contributed by atoms with Gasteiger partial charge in [0.05, 0.1) is 18.1 Å². The summed E-state index contributed by atoms with van der Waals surface area (Å²) in [6.45, 7) is 2.16. The molecule has 1 aromatic carbocycles. The van der Waals surface area contributed by atoms with Crippen LogP contribution in [0.1, 0.15) is 40.7 Å². The predicted octanol–water partition coefficient (Wildman–Crippen LogP) is 1.86. The fourth-order valence-electron chi connectivity index (χ4n) is 2.24. The monoisotopic (exact) mass is 282 g/mol. The number of carbonyl (C=O) groups is 1. The van der Waals surface area contributed by atoms with Gasteiger partial charge in [0, 0.05) is 18.2 Å². The molecule has 0 bridgehead atoms. The third-order valence-corrected chi connectivity index (χ3v) is 3.42. The van der Waals surface area contributed by atoms with Crippen molar-refractivity contribution in [1.82, 2.24) is 4.90 Å². The highest BCUT2D eigenvalue weighted by Gasteiger charge is 2.33. The summed E-state index contributed by atoms with van der Waals surface area (Å²) in [5, 5.41) is 17.6. The molecule has 1 amide bonds. The van der Waals surface area contributed by atoms with E-state index in [1.807, 2.05) is 19.1 Å². The van der Waals surface area contributed by atoms with Gasteiger partial charge in [0.15, 0.2) is 0 Å². The lowest BCUT2D eigenvalue weighted by Crippen LogP contribution is -2.34. The molecule has 1 aliphatic rings. The molecule has 1 saturated carbocycles. The van der Waals surface area contributed by atoms with Crippen molar-refractivity contribution >= 4 is 5.91 Å². The number of nitrogens with zero attached hydrogens (tertiary/aromatic N) is 2. The molecule has 0 radical (unpaired) electrons. The molecule has 4 nitrogen and oxygen atoms in total. The lowest BCUT2D eigenvalue weighted by molar-refractivity contribution is 0.0746. The molecule has 0 atom stereocenters. The normalized spacial score (nSPS) is 13.0. The zero-order chi connectivity index (χ0) is 15.2. The minimum Gasteiger partial charge on any atom is -0.384 e. The van der Waals surface area contributed by atoms with Gasteiger partial charge in [-0.15, -0.1) is 0 Å². The van der Waals surface area contributed by atoms with E-state index in [0.717, 1.165) is 18.4 Å². The van der Waals surface area contributed by atoms with Gasteiger partial charge in [-0.3, -0.25) is 4.79 Å². The molecule has 1 aliphatic carbocycles. The number of aliphatic hydroxyl groups is 1. The van der Waals surface area contributed by atoms with Crippen molar-refractivity contribution in [3.8, 4) is 17.9 Å². The van der Waals surface area contributed by atoms with Gasteiger partial charge in [-0.2, -0.15) is 5.26 Å². The quantitative estimate of drug-likeness (QED) is 0.857. The number of amides is 1. The van der Waals surface area contributed by atoms with Crippen LogP contribution in [0.15, 0.2) is 18.2 Å². The largest absolute Gasteiger partial charge is 0.384 e. The summed E-state index contributed by atoms with van der Waals surface area (Å²) < 4.78 is 0. The summed E-state index contributed by atoms with van der Waals surface area (Å²) in [6.07, 6.45) is 2.34. The lowest BCUT2D eigenvalue weighted by Gasteiger charge is -2.22. The van der Waals surface area contributed by atoms with Crippen LogP contribution in [0, 0.1) is 30.1 Å². The van der Waals surface area contributed by atoms with Crippen LogP contribution in [0.2, 0.25) is 0 Å². The molecule has 0 spiro atoms. The first kappa shape index (κ1) is 15.1. The van der Waals surface area contributed by atoms with Gasteiger partial charge < -0.3 is 10.0 Å². The second-order valence-corrected chi connectivity index (χ2v) is 5.15. The summed E-state index contributed by atoms with van der Waals surface area (Å²) in [6, 6.07) is 7.86. The number of carbonyl (C=O) groups excluding carboxylic acids is 1. The fraction of sp³-hybridized carbons (Fsp3) is 0.412. The van der Waals surface area contributed by atoms with Gasteiger partial charge in [-0.1, -0.05) is 17.9 Å². The molecular formula is C17H18N2O2. The maximum atomic E-state index is 12.7. The Hall–Kier alpha value is -2.30. The van der Waals surface area contributed by atoms with E-state index in [9.17, 15) is 4.79 Å². The van der Waals surface area contributed by atoms with Crippen LogP contribution in [0.4, 0.5) is 0 Å². The number of nitriles is 1. The van der Waals surface area contributed by atoms with Gasteiger partial charge in [0.25, 0.3) is 5.91 Å². The summed E-state index contributed by atoms with van der Waals surface area (Å²) in [5.41, 5.74) is 2.20. The van der Waals surface area contributed by atoms with E-state index in [-0.39, 0.29) is 18.6 Å². The summed E-state index contributed by atoms with van der Waals surface area (Å²) in [5.74, 6) is 5.36. The van der Waals surface area contributed by atoms with Crippen molar-refractivity contribution in [1.29, 1.82) is 5.26 Å². The highest BCUT2D eigenvalue weighted by atomic mass is 16.2. The maximum absolute atomic E-state index is 12.7. The topological polar surface area (TPSA) is 64.3 Å². The molecule has 0 aromatic heterocycles. The first-order valence-electron chi connectivity index (χ1n) is 7.05. The van der Waals surface area contributed by atoms with E-state index in [2.05, 4.69) is 17.9 Å². The van der Waals surface area contributed by atoms with Crippen LogP contribution in [0.25, 0.3) is 0 Å². The number of hydrogen-bond acceptors (Lipinski definition) is 3. The Balaban J connectivity index is 2.30. The minimum absolute atomic E-state index is 0.0741. The molecule has 1 fully saturated rings. The van der Waals surface area contributed by atoms with Crippen LogP contribution < -0.4 is 0 Å². The minimum atomic E-state index is -0.234. The number of hydrogen-bond donors (Lipinski definition) is 1. The molecule has 108 valence electrons. The van der Waals surface area contributed by atoms with Crippen LogP contribution in [-0.4, -0.2) is 35.1 Å². The zero-order valence-electron chi connectivity index (χ0n) is 12.1. The van der Waals surface area contributed by atoms with Crippen LogP contribution in [0.5, 0.6) is 0 Å². The van der Waals surface area contributed by atoms with E-state index >= 15 is 0 Å². The zero-order valence-corrected chi connectivity index (χ0v) is 12.1. The maximum Gasteiger partial charge on any atom is 0.255 e. The second kappa shape index (κ2) is 6.92. The molecule has 1 aromatic rings. The smallest absolute Gasteiger partial charge is 0.255 e. The summed E-state index contributed by atoms with van der Waals surface area (Å²) in [4.78, 5) is 14.5. The van der Waals surface area contributed by atoms with Crippen molar-refractivity contribution in [2.45, 2.75) is 32.2 Å². The first-order valence-corrected chi connectivity index (χ1v) is 7.05. The second-order valence-electron chi connectivity index (χ2n) is 5.15. The Morgan fingerprint density at radius 3 is 2.86 bits per heavy atom. The number of aryl methyl sites for hydroxylation is 1. The van der Waals surface area contributed by atoms with Gasteiger partial charge in [0.1, 0.15) is 6.61 Å². The van der Waals surface area contributed by atoms with Crippen LogP contribution in [-0.2, 0) is 0 Å². The van der Waals surface area contributed by atoms with Crippen LogP contribution >= 0.6 is 0 Å². The van der Waals surface area contributed by atoms with Gasteiger partial charge >= 0.3 is 0 Å². The fourth-order valence-corrected chi connectivity index (χ4v) is 2.24. The Bertz CT molecular complexity index is 630. The standard InChI is InChI=1S/C17H18N2O2/c1-13-5-8-16(14(12-13)4-2-11-20)17(21)19(10-3-9-18)15-6-7-15/h5,8,12,15,20H,3,6-7,10-11H2,1H3. The molecule has 1 N–H and O–H groups in total. The average molecular weight is 282 g/mol. The Labute approximate surface area is 125 Å². The Kier molecular flexibility index (Phi) is 4.98. The van der Waals surface area contributed by atoms with Crippen molar-refractivity contribution in [2.75, 3.05) is 13.2 Å². The average Bonchev–Trinajstić information content (AvgIpc) is 3.30. The van der Waals surface area contributed by atoms with Gasteiger partial charge in [-0.05, 0) is 37.5 Å².